The second-order valence-electron chi connectivity index (χ2n) is 3.76. The zero-order chi connectivity index (χ0) is 11.0. The summed E-state index contributed by atoms with van der Waals surface area (Å²) in [6.07, 6.45) is 4.04. The molecule has 0 aliphatic carbocycles. The average Bonchev–Trinajstić information content (AvgIpc) is 2.49. The highest BCUT2D eigenvalue weighted by Crippen LogP contribution is 2.34. The number of rotatable bonds is 0. The molecule has 1 aliphatic heterocycles. The van der Waals surface area contributed by atoms with E-state index in [-0.39, 0.29) is 0 Å². The summed E-state index contributed by atoms with van der Waals surface area (Å²) in [5, 5.41) is 11.4. The summed E-state index contributed by atoms with van der Waals surface area (Å²) in [7, 11) is 0. The monoisotopic (exact) mass is 209 g/mol. The third-order valence-electron chi connectivity index (χ3n) is 2.77. The normalized spacial score (nSPS) is 12.9. The van der Waals surface area contributed by atoms with Crippen molar-refractivity contribution in [2.24, 2.45) is 0 Å². The van der Waals surface area contributed by atoms with Gasteiger partial charge in [0.1, 0.15) is 0 Å². The molecular weight excluding hydrogens is 198 g/mol. The molecule has 2 aromatic rings. The number of benzene rings is 2. The topological polar surface area (TPSA) is 23.5 Å². The van der Waals surface area contributed by atoms with Crippen LogP contribution in [0.2, 0.25) is 0 Å². The fraction of sp³-hybridized carbons (Fsp3) is 0. The molecule has 3 rings (SSSR count). The zero-order valence-corrected chi connectivity index (χ0v) is 8.67. The van der Waals surface area contributed by atoms with Gasteiger partial charge in [-0.25, -0.2) is 5.06 Å². The lowest BCUT2D eigenvalue weighted by Crippen LogP contribution is -2.11. The van der Waals surface area contributed by atoms with E-state index in [0.717, 1.165) is 22.5 Å². The predicted octanol–water partition coefficient (Wildman–Crippen LogP) is 3.70. The second kappa shape index (κ2) is 3.51. The van der Waals surface area contributed by atoms with Gasteiger partial charge in [0.15, 0.2) is 0 Å². The maximum Gasteiger partial charge on any atom is 0.0765 e. The van der Waals surface area contributed by atoms with Crippen molar-refractivity contribution in [3.8, 4) is 0 Å². The van der Waals surface area contributed by atoms with E-state index in [0.29, 0.717) is 0 Å². The summed E-state index contributed by atoms with van der Waals surface area (Å²) in [5.41, 5.74) is 3.65. The van der Waals surface area contributed by atoms with Crippen molar-refractivity contribution in [2.45, 2.75) is 0 Å². The Morgan fingerprint density at radius 1 is 0.688 bits per heavy atom. The van der Waals surface area contributed by atoms with E-state index in [1.165, 1.54) is 5.06 Å². The SMILES string of the molecule is ON1c2ccccc2C=Cc2ccccc21. The van der Waals surface area contributed by atoms with Gasteiger partial charge in [-0.1, -0.05) is 48.6 Å². The first kappa shape index (κ1) is 9.19. The van der Waals surface area contributed by atoms with Gasteiger partial charge in [0.2, 0.25) is 0 Å². The average molecular weight is 209 g/mol. The molecule has 0 bridgehead atoms. The summed E-state index contributed by atoms with van der Waals surface area (Å²) < 4.78 is 0. The van der Waals surface area contributed by atoms with Crippen molar-refractivity contribution in [1.29, 1.82) is 0 Å². The van der Waals surface area contributed by atoms with Crippen LogP contribution in [0.25, 0.3) is 12.2 Å². The third-order valence-corrected chi connectivity index (χ3v) is 2.77. The minimum Gasteiger partial charge on any atom is -0.283 e. The van der Waals surface area contributed by atoms with Gasteiger partial charge >= 0.3 is 0 Å². The molecule has 0 spiro atoms. The van der Waals surface area contributed by atoms with Crippen LogP contribution < -0.4 is 5.06 Å². The minimum absolute atomic E-state index is 0.809. The lowest BCUT2D eigenvalue weighted by atomic mass is 10.1. The number of para-hydroxylation sites is 2. The van der Waals surface area contributed by atoms with Gasteiger partial charge in [-0.2, -0.15) is 0 Å². The Labute approximate surface area is 94.0 Å². The summed E-state index contributed by atoms with van der Waals surface area (Å²) >= 11 is 0. The van der Waals surface area contributed by atoms with Gasteiger partial charge in [0, 0.05) is 11.1 Å². The van der Waals surface area contributed by atoms with Crippen molar-refractivity contribution in [1.82, 2.24) is 0 Å². The second-order valence-corrected chi connectivity index (χ2v) is 3.76. The molecule has 2 aromatic carbocycles. The van der Waals surface area contributed by atoms with Crippen LogP contribution in [-0.4, -0.2) is 5.21 Å². The van der Waals surface area contributed by atoms with Crippen molar-refractivity contribution in [3.63, 3.8) is 0 Å². The molecule has 0 amide bonds. The first-order chi connectivity index (χ1) is 7.86. The first-order valence-corrected chi connectivity index (χ1v) is 5.21. The first-order valence-electron chi connectivity index (χ1n) is 5.21. The maximum atomic E-state index is 10.2. The Hall–Kier alpha value is -2.06. The molecule has 2 nitrogen and oxygen atoms in total. The van der Waals surface area contributed by atoms with Crippen molar-refractivity contribution in [3.05, 3.63) is 59.7 Å². The smallest absolute Gasteiger partial charge is 0.0765 e. The molecule has 0 saturated heterocycles. The standard InChI is InChI=1S/C14H11NO/c16-15-13-7-3-1-5-11(13)9-10-12-6-2-4-8-14(12)15/h1-10,16H. The molecule has 1 heterocycles. The highest BCUT2D eigenvalue weighted by molar-refractivity contribution is 5.87. The van der Waals surface area contributed by atoms with E-state index in [9.17, 15) is 5.21 Å². The predicted molar refractivity (Wildman–Crippen MR) is 65.7 cm³/mol. The molecule has 0 radical (unpaired) electrons. The van der Waals surface area contributed by atoms with Gasteiger partial charge in [0.05, 0.1) is 11.4 Å². The fourth-order valence-corrected chi connectivity index (χ4v) is 1.95. The van der Waals surface area contributed by atoms with E-state index in [1.54, 1.807) is 0 Å². The van der Waals surface area contributed by atoms with E-state index in [1.807, 2.05) is 60.7 Å². The van der Waals surface area contributed by atoms with Gasteiger partial charge in [-0.3, -0.25) is 5.21 Å². The van der Waals surface area contributed by atoms with E-state index < -0.39 is 0 Å². The molecule has 0 saturated carbocycles. The van der Waals surface area contributed by atoms with Crippen LogP contribution in [0.15, 0.2) is 48.5 Å². The summed E-state index contributed by atoms with van der Waals surface area (Å²) in [5.74, 6) is 0. The van der Waals surface area contributed by atoms with Crippen molar-refractivity contribution >= 4 is 23.5 Å². The number of hydrogen-bond acceptors (Lipinski definition) is 2. The van der Waals surface area contributed by atoms with Crippen LogP contribution >= 0.6 is 0 Å². The fourth-order valence-electron chi connectivity index (χ4n) is 1.95. The molecule has 1 aliphatic rings. The summed E-state index contributed by atoms with van der Waals surface area (Å²) in [6, 6.07) is 15.6. The Bertz CT molecular complexity index is 511. The van der Waals surface area contributed by atoms with Crippen LogP contribution in [0.1, 0.15) is 11.1 Å². The quantitative estimate of drug-likeness (QED) is 0.715. The van der Waals surface area contributed by atoms with Crippen LogP contribution in [0.5, 0.6) is 0 Å². The summed E-state index contributed by atoms with van der Waals surface area (Å²) in [4.78, 5) is 0. The van der Waals surface area contributed by atoms with Gasteiger partial charge in [-0.05, 0) is 12.1 Å². The van der Waals surface area contributed by atoms with Crippen molar-refractivity contribution < 1.29 is 5.21 Å². The molecule has 0 atom stereocenters. The van der Waals surface area contributed by atoms with Gasteiger partial charge in [0.25, 0.3) is 0 Å². The number of nitrogens with zero attached hydrogens (tertiary/aromatic N) is 1. The molecule has 78 valence electrons. The Balaban J connectivity index is 2.26. The van der Waals surface area contributed by atoms with E-state index in [4.69, 9.17) is 0 Å². The van der Waals surface area contributed by atoms with E-state index in [2.05, 4.69) is 0 Å². The number of fused-ring (bicyclic) bond motifs is 2. The summed E-state index contributed by atoms with van der Waals surface area (Å²) in [6.45, 7) is 0. The zero-order valence-electron chi connectivity index (χ0n) is 8.67. The van der Waals surface area contributed by atoms with Crippen LogP contribution in [0.3, 0.4) is 0 Å². The van der Waals surface area contributed by atoms with Crippen LogP contribution in [0, 0.1) is 0 Å². The number of anilines is 2. The minimum atomic E-state index is 0.809. The lowest BCUT2D eigenvalue weighted by molar-refractivity contribution is 0.301. The van der Waals surface area contributed by atoms with Gasteiger partial charge in [-0.15, -0.1) is 0 Å². The molecule has 0 unspecified atom stereocenters. The molecular formula is C14H11NO. The maximum absolute atomic E-state index is 10.2. The largest absolute Gasteiger partial charge is 0.283 e. The Kier molecular flexibility index (Phi) is 2.01. The van der Waals surface area contributed by atoms with E-state index >= 15 is 0 Å². The molecule has 2 heteroatoms. The highest BCUT2D eigenvalue weighted by Gasteiger charge is 2.14. The third kappa shape index (κ3) is 1.32. The lowest BCUT2D eigenvalue weighted by Gasteiger charge is -2.18. The highest BCUT2D eigenvalue weighted by atomic mass is 16.5. The Morgan fingerprint density at radius 2 is 1.12 bits per heavy atom. The van der Waals surface area contributed by atoms with Crippen molar-refractivity contribution in [2.75, 3.05) is 5.06 Å². The van der Waals surface area contributed by atoms with Crippen LogP contribution in [0.4, 0.5) is 11.4 Å². The molecule has 0 aromatic heterocycles. The molecule has 0 fully saturated rings. The Morgan fingerprint density at radius 3 is 1.62 bits per heavy atom. The molecule has 1 N–H and O–H groups in total. The van der Waals surface area contributed by atoms with Crippen LogP contribution in [-0.2, 0) is 0 Å². The number of hydrogen-bond donors (Lipinski definition) is 1. The van der Waals surface area contributed by atoms with Gasteiger partial charge < -0.3 is 0 Å². The molecule has 16 heavy (non-hydrogen) atoms.